The van der Waals surface area contributed by atoms with Gasteiger partial charge in [-0.2, -0.15) is 0 Å². The number of rotatable bonds is 4. The van der Waals surface area contributed by atoms with E-state index in [1.54, 1.807) is 12.1 Å². The third kappa shape index (κ3) is 3.63. The topological polar surface area (TPSA) is 46.5 Å². The first-order chi connectivity index (χ1) is 9.89. The van der Waals surface area contributed by atoms with Crippen LogP contribution in [0.3, 0.4) is 0 Å². The predicted octanol–water partition coefficient (Wildman–Crippen LogP) is 4.26. The van der Waals surface area contributed by atoms with Crippen LogP contribution in [-0.4, -0.2) is 11.1 Å². The summed E-state index contributed by atoms with van der Waals surface area (Å²) < 4.78 is 5.86. The van der Waals surface area contributed by atoms with E-state index in [1.807, 2.05) is 57.2 Å². The number of aromatic carboxylic acids is 1. The monoisotopic (exact) mass is 284 g/mol. The summed E-state index contributed by atoms with van der Waals surface area (Å²) in [7, 11) is 0. The number of hydrogen-bond donors (Lipinski definition) is 1. The quantitative estimate of drug-likeness (QED) is 0.912. The SMILES string of the molecule is CC(C)(C)c1cccc(C(=O)O)c1OCc1ccccc1. The van der Waals surface area contributed by atoms with Crippen LogP contribution in [0.25, 0.3) is 0 Å². The minimum Gasteiger partial charge on any atom is -0.488 e. The second kappa shape index (κ2) is 6.00. The molecule has 0 amide bonds. The fourth-order valence-corrected chi connectivity index (χ4v) is 2.18. The van der Waals surface area contributed by atoms with E-state index >= 15 is 0 Å². The van der Waals surface area contributed by atoms with E-state index in [0.717, 1.165) is 11.1 Å². The second-order valence-corrected chi connectivity index (χ2v) is 6.01. The van der Waals surface area contributed by atoms with E-state index in [1.165, 1.54) is 0 Å². The van der Waals surface area contributed by atoms with Crippen LogP contribution in [0.4, 0.5) is 0 Å². The van der Waals surface area contributed by atoms with Gasteiger partial charge in [-0.05, 0) is 17.0 Å². The van der Waals surface area contributed by atoms with Gasteiger partial charge in [0.05, 0.1) is 0 Å². The van der Waals surface area contributed by atoms with Gasteiger partial charge in [0.1, 0.15) is 17.9 Å². The molecular weight excluding hydrogens is 264 g/mol. The summed E-state index contributed by atoms with van der Waals surface area (Å²) >= 11 is 0. The van der Waals surface area contributed by atoms with Crippen LogP contribution in [0.1, 0.15) is 42.3 Å². The molecular formula is C18H20O3. The summed E-state index contributed by atoms with van der Waals surface area (Å²) in [5.41, 5.74) is 1.94. The van der Waals surface area contributed by atoms with Crippen LogP contribution < -0.4 is 4.74 Å². The zero-order chi connectivity index (χ0) is 15.5. The maximum Gasteiger partial charge on any atom is 0.339 e. The van der Waals surface area contributed by atoms with Crippen molar-refractivity contribution in [1.82, 2.24) is 0 Å². The van der Waals surface area contributed by atoms with Gasteiger partial charge in [-0.1, -0.05) is 63.2 Å². The van der Waals surface area contributed by atoms with Crippen molar-refractivity contribution >= 4 is 5.97 Å². The van der Waals surface area contributed by atoms with E-state index in [2.05, 4.69) is 0 Å². The Balaban J connectivity index is 2.37. The highest BCUT2D eigenvalue weighted by molar-refractivity contribution is 5.91. The Morgan fingerprint density at radius 1 is 1.05 bits per heavy atom. The Labute approximate surface area is 125 Å². The maximum absolute atomic E-state index is 11.4. The Morgan fingerprint density at radius 3 is 2.29 bits per heavy atom. The van der Waals surface area contributed by atoms with E-state index in [0.29, 0.717) is 12.4 Å². The molecule has 2 aromatic carbocycles. The number of ether oxygens (including phenoxy) is 1. The molecule has 1 N–H and O–H groups in total. The van der Waals surface area contributed by atoms with Gasteiger partial charge in [-0.3, -0.25) is 0 Å². The first-order valence-corrected chi connectivity index (χ1v) is 6.93. The van der Waals surface area contributed by atoms with Crippen LogP contribution in [0, 0.1) is 0 Å². The van der Waals surface area contributed by atoms with Gasteiger partial charge in [-0.25, -0.2) is 4.79 Å². The molecule has 2 aromatic rings. The van der Waals surface area contributed by atoms with Gasteiger partial charge >= 0.3 is 5.97 Å². The molecule has 0 aromatic heterocycles. The first kappa shape index (κ1) is 15.1. The van der Waals surface area contributed by atoms with Crippen molar-refractivity contribution in [2.75, 3.05) is 0 Å². The van der Waals surface area contributed by atoms with Crippen LogP contribution in [0.15, 0.2) is 48.5 Å². The molecule has 110 valence electrons. The number of para-hydroxylation sites is 1. The molecule has 0 aliphatic carbocycles. The molecule has 3 nitrogen and oxygen atoms in total. The lowest BCUT2D eigenvalue weighted by Crippen LogP contribution is -2.16. The lowest BCUT2D eigenvalue weighted by atomic mass is 9.85. The molecule has 0 saturated carbocycles. The van der Waals surface area contributed by atoms with Gasteiger partial charge in [0, 0.05) is 5.56 Å². The summed E-state index contributed by atoms with van der Waals surface area (Å²) in [6, 6.07) is 15.0. The molecule has 0 fully saturated rings. The molecule has 0 unspecified atom stereocenters. The Kier molecular flexibility index (Phi) is 4.32. The summed E-state index contributed by atoms with van der Waals surface area (Å²) in [6.45, 7) is 6.49. The van der Waals surface area contributed by atoms with Crippen LogP contribution in [0.5, 0.6) is 5.75 Å². The lowest BCUT2D eigenvalue weighted by molar-refractivity contribution is 0.0691. The van der Waals surface area contributed by atoms with Gasteiger partial charge in [0.15, 0.2) is 0 Å². The van der Waals surface area contributed by atoms with Crippen molar-refractivity contribution < 1.29 is 14.6 Å². The molecule has 0 atom stereocenters. The normalized spacial score (nSPS) is 11.2. The average molecular weight is 284 g/mol. The van der Waals surface area contributed by atoms with Gasteiger partial charge in [0.2, 0.25) is 0 Å². The van der Waals surface area contributed by atoms with Crippen molar-refractivity contribution in [2.45, 2.75) is 32.8 Å². The highest BCUT2D eigenvalue weighted by Crippen LogP contribution is 2.34. The number of carboxylic acid groups (broad SMARTS) is 1. The van der Waals surface area contributed by atoms with Gasteiger partial charge < -0.3 is 9.84 Å². The zero-order valence-electron chi connectivity index (χ0n) is 12.6. The smallest absolute Gasteiger partial charge is 0.339 e. The Hall–Kier alpha value is -2.29. The Bertz CT molecular complexity index is 625. The molecule has 0 aliphatic rings. The third-order valence-electron chi connectivity index (χ3n) is 3.28. The molecule has 21 heavy (non-hydrogen) atoms. The van der Waals surface area contributed by atoms with Gasteiger partial charge in [0.25, 0.3) is 0 Å². The summed E-state index contributed by atoms with van der Waals surface area (Å²) in [5.74, 6) is -0.509. The zero-order valence-corrected chi connectivity index (χ0v) is 12.6. The first-order valence-electron chi connectivity index (χ1n) is 6.93. The molecule has 0 spiro atoms. The molecule has 0 saturated heterocycles. The highest BCUT2D eigenvalue weighted by Gasteiger charge is 2.23. The van der Waals surface area contributed by atoms with Crippen molar-refractivity contribution in [1.29, 1.82) is 0 Å². The summed E-state index contributed by atoms with van der Waals surface area (Å²) in [4.78, 5) is 11.4. The maximum atomic E-state index is 11.4. The molecule has 2 rings (SSSR count). The number of benzene rings is 2. The van der Waals surface area contributed by atoms with Crippen molar-refractivity contribution in [3.63, 3.8) is 0 Å². The number of hydrogen-bond acceptors (Lipinski definition) is 2. The molecule has 3 heteroatoms. The molecule has 0 heterocycles. The Morgan fingerprint density at radius 2 is 1.71 bits per heavy atom. The van der Waals surface area contributed by atoms with Crippen molar-refractivity contribution in [2.24, 2.45) is 0 Å². The molecule has 0 aliphatic heterocycles. The molecule has 0 bridgehead atoms. The summed E-state index contributed by atoms with van der Waals surface area (Å²) in [5, 5.41) is 9.37. The van der Waals surface area contributed by atoms with E-state index < -0.39 is 5.97 Å². The van der Waals surface area contributed by atoms with Crippen LogP contribution in [0.2, 0.25) is 0 Å². The van der Waals surface area contributed by atoms with E-state index in [9.17, 15) is 9.90 Å². The van der Waals surface area contributed by atoms with Gasteiger partial charge in [-0.15, -0.1) is 0 Å². The summed E-state index contributed by atoms with van der Waals surface area (Å²) in [6.07, 6.45) is 0. The third-order valence-corrected chi connectivity index (χ3v) is 3.28. The van der Waals surface area contributed by atoms with E-state index in [-0.39, 0.29) is 11.0 Å². The fourth-order valence-electron chi connectivity index (χ4n) is 2.18. The van der Waals surface area contributed by atoms with Crippen molar-refractivity contribution in [3.8, 4) is 5.75 Å². The predicted molar refractivity (Wildman–Crippen MR) is 82.9 cm³/mol. The largest absolute Gasteiger partial charge is 0.488 e. The number of carboxylic acids is 1. The lowest BCUT2D eigenvalue weighted by Gasteiger charge is -2.24. The second-order valence-electron chi connectivity index (χ2n) is 6.01. The fraction of sp³-hybridized carbons (Fsp3) is 0.278. The molecule has 0 radical (unpaired) electrons. The van der Waals surface area contributed by atoms with Crippen LogP contribution in [-0.2, 0) is 12.0 Å². The minimum atomic E-state index is -0.968. The van der Waals surface area contributed by atoms with Crippen LogP contribution >= 0.6 is 0 Å². The van der Waals surface area contributed by atoms with E-state index in [4.69, 9.17) is 4.74 Å². The highest BCUT2D eigenvalue weighted by atomic mass is 16.5. The standard InChI is InChI=1S/C18H20O3/c1-18(2,3)15-11-7-10-14(17(19)20)16(15)21-12-13-8-5-4-6-9-13/h4-11H,12H2,1-3H3,(H,19,20). The number of carbonyl (C=O) groups is 1. The minimum absolute atomic E-state index is 0.183. The average Bonchev–Trinajstić information content (AvgIpc) is 2.44. The van der Waals surface area contributed by atoms with Crippen molar-refractivity contribution in [3.05, 3.63) is 65.2 Å².